The average molecular weight is 249 g/mol. The molecule has 0 fully saturated rings. The van der Waals surface area contributed by atoms with Gasteiger partial charge in [0.05, 0.1) is 5.69 Å². The minimum Gasteiger partial charge on any atom is -0.465 e. The lowest BCUT2D eigenvalue weighted by molar-refractivity contribution is 0.209. The van der Waals surface area contributed by atoms with Gasteiger partial charge in [0.1, 0.15) is 11.6 Å². The van der Waals surface area contributed by atoms with E-state index in [0.29, 0.717) is 11.6 Å². The molecule has 1 amide bonds. The topological polar surface area (TPSA) is 49.3 Å². The molecule has 0 aromatic heterocycles. The standard InChI is InChI=1S/C13H9F2NO2/c14-9-6-10(8-4-2-1-3-5-8)12(11(15)7-9)16-13(17)18/h1-7,16H,(H,17,18). The van der Waals surface area contributed by atoms with Gasteiger partial charge in [-0.1, -0.05) is 30.3 Å². The van der Waals surface area contributed by atoms with Crippen LogP contribution < -0.4 is 5.32 Å². The van der Waals surface area contributed by atoms with E-state index in [0.717, 1.165) is 6.07 Å². The van der Waals surface area contributed by atoms with Crippen LogP contribution in [0.5, 0.6) is 0 Å². The zero-order valence-electron chi connectivity index (χ0n) is 9.15. The maximum atomic E-state index is 13.6. The number of hydrogen-bond acceptors (Lipinski definition) is 1. The second kappa shape index (κ2) is 4.83. The van der Waals surface area contributed by atoms with E-state index in [-0.39, 0.29) is 11.3 Å². The van der Waals surface area contributed by atoms with E-state index in [4.69, 9.17) is 5.11 Å². The molecule has 0 aliphatic heterocycles. The first kappa shape index (κ1) is 12.0. The summed E-state index contributed by atoms with van der Waals surface area (Å²) >= 11 is 0. The van der Waals surface area contributed by atoms with Crippen LogP contribution in [0, 0.1) is 11.6 Å². The summed E-state index contributed by atoms with van der Waals surface area (Å²) < 4.78 is 26.8. The van der Waals surface area contributed by atoms with Crippen molar-refractivity contribution in [2.75, 3.05) is 5.32 Å². The van der Waals surface area contributed by atoms with Crippen LogP contribution in [-0.2, 0) is 0 Å². The van der Waals surface area contributed by atoms with Crippen molar-refractivity contribution >= 4 is 11.8 Å². The van der Waals surface area contributed by atoms with Gasteiger partial charge in [0.15, 0.2) is 0 Å². The number of carbonyl (C=O) groups is 1. The van der Waals surface area contributed by atoms with Crippen LogP contribution in [0.15, 0.2) is 42.5 Å². The molecule has 0 bridgehead atoms. The summed E-state index contributed by atoms with van der Waals surface area (Å²) in [7, 11) is 0. The average Bonchev–Trinajstić information content (AvgIpc) is 2.33. The third-order valence-electron chi connectivity index (χ3n) is 2.37. The van der Waals surface area contributed by atoms with Gasteiger partial charge in [-0.3, -0.25) is 5.32 Å². The maximum Gasteiger partial charge on any atom is 0.409 e. The van der Waals surface area contributed by atoms with Crippen molar-refractivity contribution < 1.29 is 18.7 Å². The van der Waals surface area contributed by atoms with Crippen LogP contribution in [0.2, 0.25) is 0 Å². The van der Waals surface area contributed by atoms with Gasteiger partial charge in [-0.2, -0.15) is 0 Å². The molecule has 0 saturated heterocycles. The van der Waals surface area contributed by atoms with Crippen LogP contribution in [0.3, 0.4) is 0 Å². The van der Waals surface area contributed by atoms with Crippen molar-refractivity contribution in [3.05, 3.63) is 54.1 Å². The predicted octanol–water partition coefficient (Wildman–Crippen LogP) is 3.72. The summed E-state index contributed by atoms with van der Waals surface area (Å²) in [6.07, 6.45) is -1.40. The number of halogens is 2. The van der Waals surface area contributed by atoms with Crippen LogP contribution in [-0.4, -0.2) is 11.2 Å². The third-order valence-corrected chi connectivity index (χ3v) is 2.37. The van der Waals surface area contributed by atoms with Crippen LogP contribution in [0.25, 0.3) is 11.1 Å². The van der Waals surface area contributed by atoms with Gasteiger partial charge >= 0.3 is 6.09 Å². The summed E-state index contributed by atoms with van der Waals surface area (Å²) in [6.45, 7) is 0. The Kier molecular flexibility index (Phi) is 3.23. The molecule has 0 atom stereocenters. The van der Waals surface area contributed by atoms with Gasteiger partial charge < -0.3 is 5.11 Å². The Bertz CT molecular complexity index is 585. The molecule has 0 aliphatic rings. The van der Waals surface area contributed by atoms with E-state index < -0.39 is 17.7 Å². The Morgan fingerprint density at radius 2 is 1.78 bits per heavy atom. The molecule has 0 unspecified atom stereocenters. The van der Waals surface area contributed by atoms with Crippen molar-refractivity contribution in [2.45, 2.75) is 0 Å². The lowest BCUT2D eigenvalue weighted by Gasteiger charge is -2.10. The molecule has 2 N–H and O–H groups in total. The molecule has 18 heavy (non-hydrogen) atoms. The molecule has 0 radical (unpaired) electrons. The predicted molar refractivity (Wildman–Crippen MR) is 63.4 cm³/mol. The van der Waals surface area contributed by atoms with E-state index in [1.807, 2.05) is 5.32 Å². The summed E-state index contributed by atoms with van der Waals surface area (Å²) in [5.41, 5.74) is 0.435. The van der Waals surface area contributed by atoms with Crippen LogP contribution in [0.1, 0.15) is 0 Å². The van der Waals surface area contributed by atoms with Crippen LogP contribution >= 0.6 is 0 Å². The van der Waals surface area contributed by atoms with Gasteiger partial charge in [-0.15, -0.1) is 0 Å². The van der Waals surface area contributed by atoms with Gasteiger partial charge in [0, 0.05) is 11.6 Å². The van der Waals surface area contributed by atoms with E-state index in [9.17, 15) is 13.6 Å². The normalized spacial score (nSPS) is 10.1. The largest absolute Gasteiger partial charge is 0.465 e. The van der Waals surface area contributed by atoms with E-state index >= 15 is 0 Å². The lowest BCUT2D eigenvalue weighted by atomic mass is 10.0. The van der Waals surface area contributed by atoms with Gasteiger partial charge in [0.25, 0.3) is 0 Å². The highest BCUT2D eigenvalue weighted by atomic mass is 19.1. The molecule has 2 aromatic carbocycles. The minimum absolute atomic E-state index is 0.163. The smallest absolute Gasteiger partial charge is 0.409 e. The minimum atomic E-state index is -1.40. The highest BCUT2D eigenvalue weighted by molar-refractivity contribution is 5.90. The molecule has 0 aliphatic carbocycles. The van der Waals surface area contributed by atoms with E-state index in [1.54, 1.807) is 30.3 Å². The van der Waals surface area contributed by atoms with Crippen molar-refractivity contribution in [1.29, 1.82) is 0 Å². The highest BCUT2D eigenvalue weighted by Crippen LogP contribution is 2.31. The van der Waals surface area contributed by atoms with Crippen molar-refractivity contribution in [3.63, 3.8) is 0 Å². The third kappa shape index (κ3) is 2.45. The first-order chi connectivity index (χ1) is 8.58. The first-order valence-corrected chi connectivity index (χ1v) is 5.12. The van der Waals surface area contributed by atoms with Crippen molar-refractivity contribution in [3.8, 4) is 11.1 Å². The van der Waals surface area contributed by atoms with E-state index in [1.165, 1.54) is 0 Å². The number of anilines is 1. The molecular formula is C13H9F2NO2. The Hall–Kier alpha value is -2.43. The summed E-state index contributed by atoms with van der Waals surface area (Å²) in [5.74, 6) is -1.71. The molecular weight excluding hydrogens is 240 g/mol. The first-order valence-electron chi connectivity index (χ1n) is 5.12. The number of nitrogens with one attached hydrogen (secondary N) is 1. The van der Waals surface area contributed by atoms with Crippen LogP contribution in [0.4, 0.5) is 19.3 Å². The van der Waals surface area contributed by atoms with Crippen molar-refractivity contribution in [2.24, 2.45) is 0 Å². The summed E-state index contributed by atoms with van der Waals surface area (Å²) in [6, 6.07) is 10.2. The number of hydrogen-bond donors (Lipinski definition) is 2. The summed E-state index contributed by atoms with van der Waals surface area (Å²) in [4.78, 5) is 10.6. The number of rotatable bonds is 2. The van der Waals surface area contributed by atoms with Gasteiger partial charge in [0.2, 0.25) is 0 Å². The fourth-order valence-electron chi connectivity index (χ4n) is 1.65. The second-order valence-electron chi connectivity index (χ2n) is 3.61. The molecule has 0 heterocycles. The van der Waals surface area contributed by atoms with E-state index in [2.05, 4.69) is 0 Å². The quantitative estimate of drug-likeness (QED) is 0.852. The van der Waals surface area contributed by atoms with Gasteiger partial charge in [-0.25, -0.2) is 13.6 Å². The molecule has 2 rings (SSSR count). The lowest BCUT2D eigenvalue weighted by Crippen LogP contribution is -2.10. The Morgan fingerprint density at radius 1 is 1.11 bits per heavy atom. The Balaban J connectivity index is 2.61. The Labute approximate surface area is 102 Å². The Morgan fingerprint density at radius 3 is 2.39 bits per heavy atom. The molecule has 3 nitrogen and oxygen atoms in total. The van der Waals surface area contributed by atoms with Gasteiger partial charge in [-0.05, 0) is 11.6 Å². The summed E-state index contributed by atoms with van der Waals surface area (Å²) in [5, 5.41) is 10.6. The fraction of sp³-hybridized carbons (Fsp3) is 0. The fourth-order valence-corrected chi connectivity index (χ4v) is 1.65. The molecule has 0 spiro atoms. The molecule has 0 saturated carbocycles. The molecule has 5 heteroatoms. The number of carboxylic acid groups (broad SMARTS) is 1. The maximum absolute atomic E-state index is 13.6. The van der Waals surface area contributed by atoms with Crippen molar-refractivity contribution in [1.82, 2.24) is 0 Å². The molecule has 92 valence electrons. The zero-order chi connectivity index (χ0) is 13.1. The molecule has 2 aromatic rings. The number of amides is 1. The monoisotopic (exact) mass is 249 g/mol. The SMILES string of the molecule is O=C(O)Nc1c(F)cc(F)cc1-c1ccccc1. The highest BCUT2D eigenvalue weighted by Gasteiger charge is 2.14. The number of benzene rings is 2. The second-order valence-corrected chi connectivity index (χ2v) is 3.61. The zero-order valence-corrected chi connectivity index (χ0v) is 9.15.